The van der Waals surface area contributed by atoms with E-state index < -0.39 is 0 Å². The third-order valence-corrected chi connectivity index (χ3v) is 3.68. The Hall–Kier alpha value is -0.830. The monoisotopic (exact) mass is 207 g/mol. The van der Waals surface area contributed by atoms with Crippen molar-refractivity contribution < 1.29 is 0 Å². The minimum absolute atomic E-state index is 0.290. The lowest BCUT2D eigenvalue weighted by Gasteiger charge is -2.24. The van der Waals surface area contributed by atoms with Crippen LogP contribution >= 0.6 is 0 Å². The molecule has 1 fully saturated rings. The van der Waals surface area contributed by atoms with Crippen molar-refractivity contribution in [3.05, 3.63) is 17.0 Å². The van der Waals surface area contributed by atoms with E-state index >= 15 is 0 Å². The normalized spacial score (nSPS) is 26.1. The molecule has 1 aromatic heterocycles. The Morgan fingerprint density at radius 2 is 2.20 bits per heavy atom. The average Bonchev–Trinajstić information content (AvgIpc) is 2.68. The Labute approximate surface area is 91.9 Å². The van der Waals surface area contributed by atoms with Crippen molar-refractivity contribution in [1.29, 1.82) is 0 Å². The largest absolute Gasteiger partial charge is 0.311 e. The van der Waals surface area contributed by atoms with Gasteiger partial charge >= 0.3 is 0 Å². The van der Waals surface area contributed by atoms with Crippen LogP contribution in [-0.2, 0) is 13.5 Å². The van der Waals surface area contributed by atoms with E-state index in [1.54, 1.807) is 0 Å². The van der Waals surface area contributed by atoms with Crippen LogP contribution in [-0.4, -0.2) is 21.9 Å². The van der Waals surface area contributed by atoms with E-state index in [1.807, 2.05) is 11.7 Å². The van der Waals surface area contributed by atoms with Gasteiger partial charge in [0.05, 0.1) is 5.69 Å². The summed E-state index contributed by atoms with van der Waals surface area (Å²) in [5.41, 5.74) is 4.21. The van der Waals surface area contributed by atoms with Crippen molar-refractivity contribution in [2.45, 2.75) is 45.6 Å². The summed E-state index contributed by atoms with van der Waals surface area (Å²) < 4.78 is 1.99. The molecule has 84 valence electrons. The maximum absolute atomic E-state index is 4.47. The van der Waals surface area contributed by atoms with Gasteiger partial charge in [0, 0.05) is 18.3 Å². The van der Waals surface area contributed by atoms with Crippen LogP contribution in [0.5, 0.6) is 0 Å². The maximum Gasteiger partial charge on any atom is 0.0629 e. The van der Waals surface area contributed by atoms with E-state index in [0.717, 1.165) is 13.0 Å². The van der Waals surface area contributed by atoms with Crippen LogP contribution < -0.4 is 5.32 Å². The first-order chi connectivity index (χ1) is 7.02. The highest BCUT2D eigenvalue weighted by molar-refractivity contribution is 5.26. The molecule has 2 rings (SSSR count). The third kappa shape index (κ3) is 1.93. The van der Waals surface area contributed by atoms with Gasteiger partial charge in [-0.05, 0) is 52.1 Å². The maximum atomic E-state index is 4.47. The molecule has 1 atom stereocenters. The molecule has 0 radical (unpaired) electrons. The van der Waals surface area contributed by atoms with Gasteiger partial charge in [-0.1, -0.05) is 0 Å². The fourth-order valence-electron chi connectivity index (χ4n) is 2.57. The molecule has 2 heterocycles. The molecule has 3 nitrogen and oxygen atoms in total. The van der Waals surface area contributed by atoms with Gasteiger partial charge in [0.15, 0.2) is 0 Å². The van der Waals surface area contributed by atoms with E-state index in [2.05, 4.69) is 31.2 Å². The zero-order chi connectivity index (χ0) is 11.1. The lowest BCUT2D eigenvalue weighted by molar-refractivity contribution is 0.411. The van der Waals surface area contributed by atoms with E-state index in [0.29, 0.717) is 5.54 Å². The molecule has 1 aliphatic rings. The summed E-state index contributed by atoms with van der Waals surface area (Å²) in [6.07, 6.45) is 3.69. The number of nitrogens with zero attached hydrogens (tertiary/aromatic N) is 2. The summed E-state index contributed by atoms with van der Waals surface area (Å²) in [6, 6.07) is 0. The summed E-state index contributed by atoms with van der Waals surface area (Å²) in [7, 11) is 2.02. The summed E-state index contributed by atoms with van der Waals surface area (Å²) >= 11 is 0. The van der Waals surface area contributed by atoms with E-state index in [-0.39, 0.29) is 0 Å². The molecule has 0 aromatic carbocycles. The van der Waals surface area contributed by atoms with Crippen LogP contribution in [0, 0.1) is 13.8 Å². The standard InChI is InChI=1S/C12H21N3/c1-9-11(10(2)15(4)14-9)8-12(3)6-5-7-13-12/h13H,5-8H2,1-4H3. The topological polar surface area (TPSA) is 29.9 Å². The predicted octanol–water partition coefficient (Wildman–Crippen LogP) is 1.72. The van der Waals surface area contributed by atoms with Gasteiger partial charge in [0.1, 0.15) is 0 Å². The third-order valence-electron chi connectivity index (χ3n) is 3.68. The molecule has 1 aromatic rings. The van der Waals surface area contributed by atoms with Crippen molar-refractivity contribution in [3.8, 4) is 0 Å². The SMILES string of the molecule is Cc1nn(C)c(C)c1CC1(C)CCCN1. The summed E-state index contributed by atoms with van der Waals surface area (Å²) in [5.74, 6) is 0. The van der Waals surface area contributed by atoms with Crippen LogP contribution in [0.3, 0.4) is 0 Å². The van der Waals surface area contributed by atoms with Crippen LogP contribution in [0.1, 0.15) is 36.7 Å². The summed E-state index contributed by atoms with van der Waals surface area (Å²) in [6.45, 7) is 7.76. The Morgan fingerprint density at radius 1 is 1.47 bits per heavy atom. The molecule has 0 spiro atoms. The molecule has 0 saturated carbocycles. The molecule has 1 aliphatic heterocycles. The molecular formula is C12H21N3. The first kappa shape index (κ1) is 10.7. The number of aryl methyl sites for hydroxylation is 2. The van der Waals surface area contributed by atoms with Gasteiger partial charge < -0.3 is 5.32 Å². The summed E-state index contributed by atoms with van der Waals surface area (Å²) in [4.78, 5) is 0. The predicted molar refractivity (Wildman–Crippen MR) is 62.0 cm³/mol. The Kier molecular flexibility index (Phi) is 2.59. The molecule has 3 heteroatoms. The second-order valence-electron chi connectivity index (χ2n) is 5.04. The van der Waals surface area contributed by atoms with Crippen LogP contribution in [0.4, 0.5) is 0 Å². The molecular weight excluding hydrogens is 186 g/mol. The van der Waals surface area contributed by atoms with Gasteiger partial charge in [0.2, 0.25) is 0 Å². The number of nitrogens with one attached hydrogen (secondary N) is 1. The minimum atomic E-state index is 0.290. The summed E-state index contributed by atoms with van der Waals surface area (Å²) in [5, 5.41) is 8.08. The highest BCUT2D eigenvalue weighted by atomic mass is 15.3. The molecule has 15 heavy (non-hydrogen) atoms. The van der Waals surface area contributed by atoms with Gasteiger partial charge in [-0.2, -0.15) is 5.10 Å². The van der Waals surface area contributed by atoms with Gasteiger partial charge in [-0.3, -0.25) is 4.68 Å². The van der Waals surface area contributed by atoms with Crippen molar-refractivity contribution in [2.75, 3.05) is 6.54 Å². The fourth-order valence-corrected chi connectivity index (χ4v) is 2.57. The molecule has 0 amide bonds. The molecule has 1 unspecified atom stereocenters. The van der Waals surface area contributed by atoms with Gasteiger partial charge in [-0.15, -0.1) is 0 Å². The number of rotatable bonds is 2. The zero-order valence-electron chi connectivity index (χ0n) is 10.2. The highest BCUT2D eigenvalue weighted by Gasteiger charge is 2.30. The molecule has 0 aliphatic carbocycles. The van der Waals surface area contributed by atoms with Crippen LogP contribution in [0.15, 0.2) is 0 Å². The second kappa shape index (κ2) is 3.63. The molecule has 1 N–H and O–H groups in total. The smallest absolute Gasteiger partial charge is 0.0629 e. The minimum Gasteiger partial charge on any atom is -0.311 e. The number of hydrogen-bond donors (Lipinski definition) is 1. The van der Waals surface area contributed by atoms with Crippen molar-refractivity contribution >= 4 is 0 Å². The first-order valence-electron chi connectivity index (χ1n) is 5.76. The van der Waals surface area contributed by atoms with Crippen LogP contribution in [0.25, 0.3) is 0 Å². The second-order valence-corrected chi connectivity index (χ2v) is 5.04. The number of hydrogen-bond acceptors (Lipinski definition) is 2. The molecule has 1 saturated heterocycles. The van der Waals surface area contributed by atoms with Crippen molar-refractivity contribution in [1.82, 2.24) is 15.1 Å². The number of aromatic nitrogens is 2. The van der Waals surface area contributed by atoms with Gasteiger partial charge in [-0.25, -0.2) is 0 Å². The van der Waals surface area contributed by atoms with Crippen molar-refractivity contribution in [2.24, 2.45) is 7.05 Å². The van der Waals surface area contributed by atoms with Crippen LogP contribution in [0.2, 0.25) is 0 Å². The quantitative estimate of drug-likeness (QED) is 0.800. The van der Waals surface area contributed by atoms with E-state index in [4.69, 9.17) is 0 Å². The van der Waals surface area contributed by atoms with E-state index in [9.17, 15) is 0 Å². The van der Waals surface area contributed by atoms with E-state index in [1.165, 1.54) is 29.8 Å². The van der Waals surface area contributed by atoms with Gasteiger partial charge in [0.25, 0.3) is 0 Å². The van der Waals surface area contributed by atoms with Crippen molar-refractivity contribution in [3.63, 3.8) is 0 Å². The lowest BCUT2D eigenvalue weighted by atomic mass is 9.90. The fraction of sp³-hybridized carbons (Fsp3) is 0.750. The lowest BCUT2D eigenvalue weighted by Crippen LogP contribution is -2.38. The first-order valence-corrected chi connectivity index (χ1v) is 5.76. The highest BCUT2D eigenvalue weighted by Crippen LogP contribution is 2.26. The molecule has 0 bridgehead atoms. The Bertz CT molecular complexity index is 359. The zero-order valence-corrected chi connectivity index (χ0v) is 10.2. The Morgan fingerprint density at radius 3 is 2.67 bits per heavy atom. The Balaban J connectivity index is 2.23. The average molecular weight is 207 g/mol.